The van der Waals surface area contributed by atoms with Crippen molar-refractivity contribution < 1.29 is 9.90 Å². The number of hydrogen-bond acceptors (Lipinski definition) is 3. The zero-order valence-corrected chi connectivity index (χ0v) is 10.2. The molecule has 0 bridgehead atoms. The van der Waals surface area contributed by atoms with E-state index in [1.165, 1.54) is 11.8 Å². The Morgan fingerprint density at radius 3 is 2.59 bits per heavy atom. The van der Waals surface area contributed by atoms with Crippen molar-refractivity contribution >= 4 is 29.3 Å². The van der Waals surface area contributed by atoms with E-state index in [1.807, 2.05) is 12.1 Å². The smallest absolute Gasteiger partial charge is 0.338 e. The Labute approximate surface area is 107 Å². The molecule has 2 rings (SSSR count). The molecule has 0 aliphatic rings. The van der Waals surface area contributed by atoms with E-state index < -0.39 is 5.97 Å². The van der Waals surface area contributed by atoms with E-state index >= 15 is 0 Å². The predicted molar refractivity (Wildman–Crippen MR) is 66.8 cm³/mol. The van der Waals surface area contributed by atoms with Crippen LogP contribution in [-0.2, 0) is 0 Å². The van der Waals surface area contributed by atoms with Crippen LogP contribution in [0.1, 0.15) is 10.4 Å². The van der Waals surface area contributed by atoms with Crippen molar-refractivity contribution in [3.63, 3.8) is 0 Å². The zero-order chi connectivity index (χ0) is 12.3. The maximum Gasteiger partial charge on any atom is 0.338 e. The molecule has 0 fully saturated rings. The van der Waals surface area contributed by atoms with Gasteiger partial charge >= 0.3 is 5.97 Å². The lowest BCUT2D eigenvalue weighted by molar-refractivity contribution is 0.0693. The molecule has 86 valence electrons. The van der Waals surface area contributed by atoms with Crippen molar-refractivity contribution in [3.8, 4) is 0 Å². The fourth-order valence-electron chi connectivity index (χ4n) is 1.33. The summed E-state index contributed by atoms with van der Waals surface area (Å²) in [6, 6.07) is 8.68. The van der Waals surface area contributed by atoms with Gasteiger partial charge in [0.15, 0.2) is 0 Å². The molecule has 0 radical (unpaired) electrons. The molecule has 1 aromatic heterocycles. The summed E-state index contributed by atoms with van der Waals surface area (Å²) in [7, 11) is 0. The molecule has 0 saturated carbocycles. The molecule has 0 unspecified atom stereocenters. The van der Waals surface area contributed by atoms with Crippen molar-refractivity contribution in [1.82, 2.24) is 4.98 Å². The number of hydrogen-bond donors (Lipinski definition) is 1. The van der Waals surface area contributed by atoms with Crippen LogP contribution in [0.4, 0.5) is 0 Å². The molecule has 0 atom stereocenters. The lowest BCUT2D eigenvalue weighted by Gasteiger charge is -2.06. The molecule has 0 aliphatic carbocycles. The molecule has 0 aliphatic heterocycles. The highest BCUT2D eigenvalue weighted by molar-refractivity contribution is 7.99. The fraction of sp³-hybridized carbons (Fsp3) is 0. The molecule has 1 N–H and O–H groups in total. The number of aromatic nitrogens is 1. The normalized spacial score (nSPS) is 10.2. The van der Waals surface area contributed by atoms with Crippen molar-refractivity contribution in [2.75, 3.05) is 0 Å². The Balaban J connectivity index is 2.40. The molecule has 0 amide bonds. The SMILES string of the molecule is O=C(O)c1c(Cl)cccc1Sc1ccncc1. The molecule has 5 heteroatoms. The second-order valence-corrected chi connectivity index (χ2v) is 4.73. The molecule has 1 aromatic carbocycles. The number of benzene rings is 1. The summed E-state index contributed by atoms with van der Waals surface area (Å²) in [5, 5.41) is 9.36. The Bertz CT molecular complexity index is 545. The average Bonchev–Trinajstić information content (AvgIpc) is 2.30. The first-order valence-electron chi connectivity index (χ1n) is 4.78. The van der Waals surface area contributed by atoms with Gasteiger partial charge in [-0.1, -0.05) is 29.4 Å². The summed E-state index contributed by atoms with van der Waals surface area (Å²) >= 11 is 7.24. The van der Waals surface area contributed by atoms with Crippen LogP contribution in [0.25, 0.3) is 0 Å². The Morgan fingerprint density at radius 2 is 1.94 bits per heavy atom. The van der Waals surface area contributed by atoms with Crippen molar-refractivity contribution in [2.24, 2.45) is 0 Å². The van der Waals surface area contributed by atoms with Gasteiger partial charge in [0.25, 0.3) is 0 Å². The summed E-state index contributed by atoms with van der Waals surface area (Å²) in [6.07, 6.45) is 3.32. The monoisotopic (exact) mass is 265 g/mol. The molecular weight excluding hydrogens is 258 g/mol. The third-order valence-electron chi connectivity index (χ3n) is 2.07. The number of halogens is 1. The number of carbonyl (C=O) groups is 1. The van der Waals surface area contributed by atoms with Crippen LogP contribution in [0.2, 0.25) is 5.02 Å². The quantitative estimate of drug-likeness (QED) is 0.921. The van der Waals surface area contributed by atoms with Gasteiger partial charge in [0.2, 0.25) is 0 Å². The standard InChI is InChI=1S/C12H8ClNO2S/c13-9-2-1-3-10(11(9)12(15)16)17-8-4-6-14-7-5-8/h1-7H,(H,15,16). The number of carboxylic acid groups (broad SMARTS) is 1. The Morgan fingerprint density at radius 1 is 1.24 bits per heavy atom. The van der Waals surface area contributed by atoms with Gasteiger partial charge in [-0.25, -0.2) is 4.79 Å². The first kappa shape index (κ1) is 12.0. The highest BCUT2D eigenvalue weighted by atomic mass is 35.5. The maximum atomic E-state index is 11.1. The van der Waals surface area contributed by atoms with Gasteiger partial charge in [-0.2, -0.15) is 0 Å². The van der Waals surface area contributed by atoms with E-state index in [2.05, 4.69) is 4.98 Å². The molecule has 17 heavy (non-hydrogen) atoms. The molecule has 1 heterocycles. The first-order chi connectivity index (χ1) is 8.18. The number of nitrogens with zero attached hydrogens (tertiary/aromatic N) is 1. The van der Waals surface area contributed by atoms with Crippen LogP contribution >= 0.6 is 23.4 Å². The minimum absolute atomic E-state index is 0.135. The summed E-state index contributed by atoms with van der Waals surface area (Å²) in [5.41, 5.74) is 0.135. The van der Waals surface area contributed by atoms with Gasteiger partial charge < -0.3 is 5.11 Å². The molecule has 0 spiro atoms. The predicted octanol–water partition coefficient (Wildman–Crippen LogP) is 3.58. The van der Waals surface area contributed by atoms with Gasteiger partial charge in [-0.05, 0) is 24.3 Å². The Kier molecular flexibility index (Phi) is 3.66. The minimum atomic E-state index is -1.02. The van der Waals surface area contributed by atoms with Crippen molar-refractivity contribution in [1.29, 1.82) is 0 Å². The summed E-state index contributed by atoms with van der Waals surface area (Å²) in [4.78, 5) is 16.6. The van der Waals surface area contributed by atoms with Gasteiger partial charge in [-0.15, -0.1) is 0 Å². The number of carboxylic acids is 1. The summed E-state index contributed by atoms with van der Waals surface area (Å²) < 4.78 is 0. The third kappa shape index (κ3) is 2.78. The second-order valence-electron chi connectivity index (χ2n) is 3.20. The fourth-order valence-corrected chi connectivity index (χ4v) is 2.60. The second kappa shape index (κ2) is 5.21. The van der Waals surface area contributed by atoms with Gasteiger partial charge in [-0.3, -0.25) is 4.98 Å². The molecular formula is C12H8ClNO2S. The Hall–Kier alpha value is -1.52. The number of aromatic carboxylic acids is 1. The zero-order valence-electron chi connectivity index (χ0n) is 8.63. The van der Waals surface area contributed by atoms with E-state index in [0.717, 1.165) is 4.90 Å². The van der Waals surface area contributed by atoms with Crippen LogP contribution in [0, 0.1) is 0 Å². The highest BCUT2D eigenvalue weighted by Gasteiger charge is 2.14. The van der Waals surface area contributed by atoms with Crippen molar-refractivity contribution in [2.45, 2.75) is 9.79 Å². The minimum Gasteiger partial charge on any atom is -0.478 e. The first-order valence-corrected chi connectivity index (χ1v) is 5.97. The van der Waals surface area contributed by atoms with Gasteiger partial charge in [0, 0.05) is 22.2 Å². The van der Waals surface area contributed by atoms with E-state index in [9.17, 15) is 4.79 Å². The molecule has 0 saturated heterocycles. The van der Waals surface area contributed by atoms with E-state index in [-0.39, 0.29) is 10.6 Å². The highest BCUT2D eigenvalue weighted by Crippen LogP contribution is 2.33. The van der Waals surface area contributed by atoms with Gasteiger partial charge in [0.1, 0.15) is 0 Å². The van der Waals surface area contributed by atoms with E-state index in [0.29, 0.717) is 4.90 Å². The van der Waals surface area contributed by atoms with Crippen molar-refractivity contribution in [3.05, 3.63) is 53.3 Å². The topological polar surface area (TPSA) is 50.2 Å². The summed E-state index contributed by atoms with van der Waals surface area (Å²) in [5.74, 6) is -1.02. The van der Waals surface area contributed by atoms with Gasteiger partial charge in [0.05, 0.1) is 10.6 Å². The average molecular weight is 266 g/mol. The largest absolute Gasteiger partial charge is 0.478 e. The maximum absolute atomic E-state index is 11.1. The van der Waals surface area contributed by atoms with Crippen LogP contribution in [-0.4, -0.2) is 16.1 Å². The lowest BCUT2D eigenvalue weighted by atomic mass is 10.2. The summed E-state index contributed by atoms with van der Waals surface area (Å²) in [6.45, 7) is 0. The molecule has 3 nitrogen and oxygen atoms in total. The van der Waals surface area contributed by atoms with Crippen LogP contribution in [0.15, 0.2) is 52.5 Å². The third-order valence-corrected chi connectivity index (χ3v) is 3.45. The molecule has 2 aromatic rings. The van der Waals surface area contributed by atoms with Crippen LogP contribution in [0.3, 0.4) is 0 Å². The van der Waals surface area contributed by atoms with E-state index in [1.54, 1.807) is 30.6 Å². The number of pyridine rings is 1. The van der Waals surface area contributed by atoms with E-state index in [4.69, 9.17) is 16.7 Å². The van der Waals surface area contributed by atoms with Crippen LogP contribution < -0.4 is 0 Å². The lowest BCUT2D eigenvalue weighted by Crippen LogP contribution is -1.99. The number of rotatable bonds is 3. The van der Waals surface area contributed by atoms with Crippen LogP contribution in [0.5, 0.6) is 0 Å².